The summed E-state index contributed by atoms with van der Waals surface area (Å²) in [5, 5.41) is 6.38. The maximum absolute atomic E-state index is 13.4. The van der Waals surface area contributed by atoms with Gasteiger partial charge in [-0.1, -0.05) is 18.2 Å². The zero-order valence-corrected chi connectivity index (χ0v) is 17.7. The number of benzene rings is 1. The first-order valence-corrected chi connectivity index (χ1v) is 11.6. The molecule has 1 atom stereocenters. The van der Waals surface area contributed by atoms with Crippen molar-refractivity contribution in [2.75, 3.05) is 6.54 Å². The standard InChI is InChI=1S/C20H25F3N4O2S/c1-12(2)30(28,29)26-16-8-14-4-3-13(7-15(14)9-16)11-27-18-5-6-24-10-17(18)19(25-27)20(21,22)23/h3-4,7,12,16,24,26H,5-6,8-11H2,1-2H3/t16-/m1/s1. The van der Waals surface area contributed by atoms with E-state index in [1.54, 1.807) is 13.8 Å². The number of nitrogens with zero attached hydrogens (tertiary/aromatic N) is 2. The molecule has 164 valence electrons. The molecular formula is C20H25F3N4O2S. The molecule has 1 aliphatic heterocycles. The summed E-state index contributed by atoms with van der Waals surface area (Å²) in [5.41, 5.74) is 3.01. The van der Waals surface area contributed by atoms with E-state index in [4.69, 9.17) is 0 Å². The summed E-state index contributed by atoms with van der Waals surface area (Å²) < 4.78 is 68.7. The molecule has 1 aliphatic carbocycles. The van der Waals surface area contributed by atoms with Gasteiger partial charge in [0.15, 0.2) is 5.69 Å². The van der Waals surface area contributed by atoms with Crippen LogP contribution in [0.4, 0.5) is 13.2 Å². The van der Waals surface area contributed by atoms with Crippen LogP contribution in [0.25, 0.3) is 0 Å². The van der Waals surface area contributed by atoms with E-state index in [0.29, 0.717) is 31.5 Å². The molecule has 0 fully saturated rings. The van der Waals surface area contributed by atoms with E-state index in [9.17, 15) is 21.6 Å². The highest BCUT2D eigenvalue weighted by Gasteiger charge is 2.39. The van der Waals surface area contributed by atoms with Crippen molar-refractivity contribution < 1.29 is 21.6 Å². The Bertz CT molecular complexity index is 1060. The first-order valence-electron chi connectivity index (χ1n) is 10.0. The van der Waals surface area contributed by atoms with Crippen molar-refractivity contribution in [3.05, 3.63) is 51.8 Å². The van der Waals surface area contributed by atoms with Crippen molar-refractivity contribution in [3.63, 3.8) is 0 Å². The van der Waals surface area contributed by atoms with Gasteiger partial charge in [0.2, 0.25) is 10.0 Å². The van der Waals surface area contributed by atoms with Crippen molar-refractivity contribution in [2.24, 2.45) is 0 Å². The Balaban J connectivity index is 1.55. The van der Waals surface area contributed by atoms with Crippen LogP contribution in [0.3, 0.4) is 0 Å². The molecule has 30 heavy (non-hydrogen) atoms. The molecular weight excluding hydrogens is 417 g/mol. The monoisotopic (exact) mass is 442 g/mol. The Morgan fingerprint density at radius 3 is 2.70 bits per heavy atom. The van der Waals surface area contributed by atoms with Gasteiger partial charge in [-0.2, -0.15) is 18.3 Å². The SMILES string of the molecule is CC(C)S(=O)(=O)N[C@@H]1Cc2ccc(Cn3nc(C(F)(F)F)c4c3CCNC4)cc2C1. The lowest BCUT2D eigenvalue weighted by Gasteiger charge is -2.16. The van der Waals surface area contributed by atoms with E-state index in [1.807, 2.05) is 18.2 Å². The Morgan fingerprint density at radius 1 is 1.27 bits per heavy atom. The van der Waals surface area contributed by atoms with Gasteiger partial charge >= 0.3 is 6.18 Å². The third-order valence-corrected chi connectivity index (χ3v) is 7.67. The molecule has 1 aromatic carbocycles. The number of alkyl halides is 3. The number of fused-ring (bicyclic) bond motifs is 2. The summed E-state index contributed by atoms with van der Waals surface area (Å²) in [6.07, 6.45) is -2.79. The Hall–Kier alpha value is -1.91. The molecule has 6 nitrogen and oxygen atoms in total. The number of rotatable bonds is 5. The van der Waals surface area contributed by atoms with Crippen molar-refractivity contribution in [2.45, 2.75) is 63.7 Å². The van der Waals surface area contributed by atoms with E-state index >= 15 is 0 Å². The fraction of sp³-hybridized carbons (Fsp3) is 0.550. The largest absolute Gasteiger partial charge is 0.435 e. The second-order valence-electron chi connectivity index (χ2n) is 8.28. The topological polar surface area (TPSA) is 76.0 Å². The van der Waals surface area contributed by atoms with Gasteiger partial charge in [-0.05, 0) is 43.4 Å². The van der Waals surface area contributed by atoms with Gasteiger partial charge in [0.25, 0.3) is 0 Å². The van der Waals surface area contributed by atoms with Gasteiger partial charge in [0.05, 0.1) is 11.8 Å². The van der Waals surface area contributed by atoms with Crippen LogP contribution in [0.5, 0.6) is 0 Å². The molecule has 0 spiro atoms. The average Bonchev–Trinajstić information content (AvgIpc) is 3.22. The molecule has 2 aromatic rings. The fourth-order valence-electron chi connectivity index (χ4n) is 4.17. The van der Waals surface area contributed by atoms with Crippen LogP contribution in [-0.4, -0.2) is 36.0 Å². The Labute approximate surface area is 173 Å². The molecule has 4 rings (SSSR count). The van der Waals surface area contributed by atoms with E-state index < -0.39 is 27.1 Å². The maximum atomic E-state index is 13.4. The molecule has 0 radical (unpaired) electrons. The summed E-state index contributed by atoms with van der Waals surface area (Å²) in [5.74, 6) is 0. The molecule has 2 heterocycles. The predicted octanol–water partition coefficient (Wildman–Crippen LogP) is 2.39. The van der Waals surface area contributed by atoms with E-state index in [1.165, 1.54) is 4.68 Å². The lowest BCUT2D eigenvalue weighted by Crippen LogP contribution is -2.39. The van der Waals surface area contributed by atoms with Gasteiger partial charge in [-0.25, -0.2) is 13.1 Å². The summed E-state index contributed by atoms with van der Waals surface area (Å²) in [4.78, 5) is 0. The molecule has 0 bridgehead atoms. The molecule has 1 aromatic heterocycles. The highest BCUT2D eigenvalue weighted by Crippen LogP contribution is 2.34. The van der Waals surface area contributed by atoms with E-state index in [2.05, 4.69) is 15.1 Å². The van der Waals surface area contributed by atoms with Crippen molar-refractivity contribution in [3.8, 4) is 0 Å². The maximum Gasteiger partial charge on any atom is 0.435 e. The Kier molecular flexibility index (Phi) is 5.44. The summed E-state index contributed by atoms with van der Waals surface area (Å²) in [6.45, 7) is 4.33. The van der Waals surface area contributed by atoms with Gasteiger partial charge in [-0.15, -0.1) is 0 Å². The van der Waals surface area contributed by atoms with E-state index in [-0.39, 0.29) is 24.7 Å². The van der Waals surface area contributed by atoms with Crippen LogP contribution in [0.1, 0.15) is 47.5 Å². The van der Waals surface area contributed by atoms with Crippen molar-refractivity contribution in [1.82, 2.24) is 19.8 Å². The number of halogens is 3. The summed E-state index contributed by atoms with van der Waals surface area (Å²) in [6, 6.07) is 5.60. The van der Waals surface area contributed by atoms with Crippen LogP contribution in [0, 0.1) is 0 Å². The second kappa shape index (κ2) is 7.65. The minimum atomic E-state index is -4.48. The van der Waals surface area contributed by atoms with E-state index in [0.717, 1.165) is 16.7 Å². The predicted molar refractivity (Wildman–Crippen MR) is 107 cm³/mol. The van der Waals surface area contributed by atoms with Crippen LogP contribution >= 0.6 is 0 Å². The number of aromatic nitrogens is 2. The average molecular weight is 443 g/mol. The number of sulfonamides is 1. The number of nitrogens with one attached hydrogen (secondary N) is 2. The minimum absolute atomic E-state index is 0.173. The van der Waals surface area contributed by atoms with Gasteiger partial charge < -0.3 is 5.32 Å². The quantitative estimate of drug-likeness (QED) is 0.746. The summed E-state index contributed by atoms with van der Waals surface area (Å²) >= 11 is 0. The molecule has 2 N–H and O–H groups in total. The first-order chi connectivity index (χ1) is 14.0. The molecule has 2 aliphatic rings. The van der Waals surface area contributed by atoms with Crippen LogP contribution in [0.15, 0.2) is 18.2 Å². The Morgan fingerprint density at radius 2 is 2.00 bits per heavy atom. The molecule has 0 saturated heterocycles. The van der Waals surface area contributed by atoms with Crippen molar-refractivity contribution in [1.29, 1.82) is 0 Å². The minimum Gasteiger partial charge on any atom is -0.312 e. The van der Waals surface area contributed by atoms with Crippen molar-refractivity contribution >= 4 is 10.0 Å². The molecule has 0 amide bonds. The second-order valence-corrected chi connectivity index (χ2v) is 10.5. The highest BCUT2D eigenvalue weighted by atomic mass is 32.2. The zero-order chi connectivity index (χ0) is 21.7. The fourth-order valence-corrected chi connectivity index (χ4v) is 5.08. The van der Waals surface area contributed by atoms with Gasteiger partial charge in [-0.3, -0.25) is 4.68 Å². The highest BCUT2D eigenvalue weighted by molar-refractivity contribution is 7.90. The third-order valence-electron chi connectivity index (χ3n) is 5.76. The smallest absolute Gasteiger partial charge is 0.312 e. The number of hydrogen-bond donors (Lipinski definition) is 2. The molecule has 0 unspecified atom stereocenters. The third kappa shape index (κ3) is 4.13. The molecule has 0 saturated carbocycles. The van der Waals surface area contributed by atoms with Gasteiger partial charge in [0.1, 0.15) is 0 Å². The summed E-state index contributed by atoms with van der Waals surface area (Å²) in [7, 11) is -3.36. The lowest BCUT2D eigenvalue weighted by atomic mass is 10.1. The van der Waals surface area contributed by atoms with Gasteiger partial charge in [0, 0.05) is 36.8 Å². The normalized spacial score (nSPS) is 19.2. The number of hydrogen-bond acceptors (Lipinski definition) is 4. The lowest BCUT2D eigenvalue weighted by molar-refractivity contribution is -0.142. The molecule has 10 heteroatoms. The van der Waals surface area contributed by atoms with Crippen LogP contribution in [0.2, 0.25) is 0 Å². The van der Waals surface area contributed by atoms with Crippen LogP contribution < -0.4 is 10.0 Å². The van der Waals surface area contributed by atoms with Crippen LogP contribution in [-0.2, 0) is 48.6 Å². The zero-order valence-electron chi connectivity index (χ0n) is 16.9. The first kappa shape index (κ1) is 21.3.